The van der Waals surface area contributed by atoms with Gasteiger partial charge in [-0.25, -0.2) is 0 Å². The predicted molar refractivity (Wildman–Crippen MR) is 115 cm³/mol. The number of hydrogen-bond donors (Lipinski definition) is 1. The highest BCUT2D eigenvalue weighted by Crippen LogP contribution is 2.35. The van der Waals surface area contributed by atoms with E-state index in [9.17, 15) is 9.59 Å². The molecule has 2 amide bonds. The summed E-state index contributed by atoms with van der Waals surface area (Å²) < 4.78 is 10.6. The van der Waals surface area contributed by atoms with Crippen LogP contribution in [0.25, 0.3) is 0 Å². The molecule has 0 radical (unpaired) electrons. The Balaban J connectivity index is 1.63. The molecule has 4 rings (SSSR count). The fourth-order valence-corrected chi connectivity index (χ4v) is 3.71. The number of amides is 2. The molecule has 1 N–H and O–H groups in total. The number of carbonyl (C=O) groups excluding carboxylic acids is 2. The second-order valence-electron chi connectivity index (χ2n) is 6.95. The van der Waals surface area contributed by atoms with Crippen LogP contribution >= 0.6 is 0 Å². The molecule has 1 heterocycles. The van der Waals surface area contributed by atoms with Gasteiger partial charge < -0.3 is 14.8 Å². The SMILES string of the molecule is COc1ccc(NC(=O)C2Cc3ccccc3N2C(=O)c2ccccc2)cc1OC. The summed E-state index contributed by atoms with van der Waals surface area (Å²) in [4.78, 5) is 28.1. The maximum atomic E-state index is 13.3. The van der Waals surface area contributed by atoms with E-state index in [1.165, 1.54) is 7.11 Å². The van der Waals surface area contributed by atoms with Crippen molar-refractivity contribution in [2.45, 2.75) is 12.5 Å². The molecule has 152 valence electrons. The number of anilines is 2. The van der Waals surface area contributed by atoms with E-state index in [4.69, 9.17) is 9.47 Å². The van der Waals surface area contributed by atoms with Gasteiger partial charge >= 0.3 is 0 Å². The molecule has 0 bridgehead atoms. The van der Waals surface area contributed by atoms with Crippen molar-refractivity contribution in [2.24, 2.45) is 0 Å². The van der Waals surface area contributed by atoms with E-state index in [1.54, 1.807) is 42.3 Å². The lowest BCUT2D eigenvalue weighted by Crippen LogP contribution is -2.45. The number of ether oxygens (including phenoxy) is 2. The quantitative estimate of drug-likeness (QED) is 0.703. The van der Waals surface area contributed by atoms with Gasteiger partial charge in [0.2, 0.25) is 5.91 Å². The van der Waals surface area contributed by atoms with Crippen LogP contribution < -0.4 is 19.7 Å². The molecule has 1 aliphatic rings. The first kappa shape index (κ1) is 19.5. The van der Waals surface area contributed by atoms with Gasteiger partial charge in [0.25, 0.3) is 5.91 Å². The van der Waals surface area contributed by atoms with Crippen LogP contribution in [0.2, 0.25) is 0 Å². The Hall–Kier alpha value is -3.80. The van der Waals surface area contributed by atoms with Crippen molar-refractivity contribution in [3.05, 3.63) is 83.9 Å². The number of rotatable bonds is 5. The predicted octanol–water partition coefficient (Wildman–Crippen LogP) is 3.91. The van der Waals surface area contributed by atoms with Crippen LogP contribution in [0.3, 0.4) is 0 Å². The van der Waals surface area contributed by atoms with Crippen molar-refractivity contribution in [3.63, 3.8) is 0 Å². The summed E-state index contributed by atoms with van der Waals surface area (Å²) >= 11 is 0. The number of fused-ring (bicyclic) bond motifs is 1. The normalized spacial score (nSPS) is 14.7. The molecule has 0 saturated carbocycles. The maximum Gasteiger partial charge on any atom is 0.259 e. The molecule has 1 unspecified atom stereocenters. The first-order chi connectivity index (χ1) is 14.6. The summed E-state index contributed by atoms with van der Waals surface area (Å²) in [6.45, 7) is 0. The summed E-state index contributed by atoms with van der Waals surface area (Å²) in [7, 11) is 3.09. The molecule has 3 aromatic rings. The molecular formula is C24H22N2O4. The minimum Gasteiger partial charge on any atom is -0.493 e. The number of methoxy groups -OCH3 is 2. The van der Waals surface area contributed by atoms with Gasteiger partial charge in [-0.2, -0.15) is 0 Å². The van der Waals surface area contributed by atoms with Crippen LogP contribution in [0, 0.1) is 0 Å². The van der Waals surface area contributed by atoms with Crippen molar-refractivity contribution in [1.29, 1.82) is 0 Å². The molecule has 6 nitrogen and oxygen atoms in total. The Kier molecular flexibility index (Phi) is 5.39. The number of carbonyl (C=O) groups is 2. The van der Waals surface area contributed by atoms with Gasteiger partial charge in [0.1, 0.15) is 6.04 Å². The standard InChI is InChI=1S/C24H22N2O4/c1-29-21-13-12-18(15-22(21)30-2)25-23(27)20-14-17-10-6-7-11-19(17)26(20)24(28)16-8-4-3-5-9-16/h3-13,15,20H,14H2,1-2H3,(H,25,27). The number of hydrogen-bond acceptors (Lipinski definition) is 4. The van der Waals surface area contributed by atoms with Gasteiger partial charge in [-0.15, -0.1) is 0 Å². The van der Waals surface area contributed by atoms with Gasteiger partial charge in [0.15, 0.2) is 11.5 Å². The van der Waals surface area contributed by atoms with E-state index in [0.29, 0.717) is 29.2 Å². The second kappa shape index (κ2) is 8.29. The first-order valence-corrected chi connectivity index (χ1v) is 9.61. The van der Waals surface area contributed by atoms with Gasteiger partial charge in [-0.1, -0.05) is 36.4 Å². The van der Waals surface area contributed by atoms with Crippen molar-refractivity contribution < 1.29 is 19.1 Å². The third-order valence-corrected chi connectivity index (χ3v) is 5.17. The first-order valence-electron chi connectivity index (χ1n) is 9.61. The molecule has 30 heavy (non-hydrogen) atoms. The van der Waals surface area contributed by atoms with Crippen molar-refractivity contribution in [3.8, 4) is 11.5 Å². The summed E-state index contributed by atoms with van der Waals surface area (Å²) in [5.74, 6) is 0.627. The minimum atomic E-state index is -0.650. The highest BCUT2D eigenvalue weighted by atomic mass is 16.5. The third kappa shape index (κ3) is 3.59. The summed E-state index contributed by atoms with van der Waals surface area (Å²) in [5.41, 5.74) is 2.84. The second-order valence-corrected chi connectivity index (χ2v) is 6.95. The van der Waals surface area contributed by atoms with E-state index in [1.807, 2.05) is 42.5 Å². The molecule has 0 spiro atoms. The Morgan fingerprint density at radius 2 is 1.60 bits per heavy atom. The molecule has 0 saturated heterocycles. The van der Waals surface area contributed by atoms with Gasteiger partial charge in [-0.3, -0.25) is 14.5 Å². The number of nitrogens with zero attached hydrogens (tertiary/aromatic N) is 1. The fourth-order valence-electron chi connectivity index (χ4n) is 3.71. The molecule has 1 atom stereocenters. The monoisotopic (exact) mass is 402 g/mol. The van der Waals surface area contributed by atoms with Gasteiger partial charge in [0, 0.05) is 29.4 Å². The topological polar surface area (TPSA) is 67.9 Å². The van der Waals surface area contributed by atoms with Crippen molar-refractivity contribution in [1.82, 2.24) is 0 Å². The van der Waals surface area contributed by atoms with E-state index >= 15 is 0 Å². The molecule has 0 aromatic heterocycles. The Morgan fingerprint density at radius 3 is 2.33 bits per heavy atom. The fraction of sp³-hybridized carbons (Fsp3) is 0.167. The van der Waals surface area contributed by atoms with Gasteiger partial charge in [0.05, 0.1) is 14.2 Å². The van der Waals surface area contributed by atoms with Crippen molar-refractivity contribution in [2.75, 3.05) is 24.4 Å². The molecular weight excluding hydrogens is 380 g/mol. The Morgan fingerprint density at radius 1 is 0.900 bits per heavy atom. The van der Waals surface area contributed by atoms with Crippen LogP contribution in [-0.2, 0) is 11.2 Å². The average Bonchev–Trinajstić information content (AvgIpc) is 3.19. The summed E-state index contributed by atoms with van der Waals surface area (Å²) in [6, 6.07) is 21.1. The summed E-state index contributed by atoms with van der Waals surface area (Å²) in [6.07, 6.45) is 0.452. The molecule has 1 aliphatic heterocycles. The van der Waals surface area contributed by atoms with E-state index < -0.39 is 6.04 Å². The van der Waals surface area contributed by atoms with Crippen molar-refractivity contribution >= 4 is 23.2 Å². The molecule has 6 heteroatoms. The van der Waals surface area contributed by atoms with E-state index in [0.717, 1.165) is 11.3 Å². The zero-order valence-electron chi connectivity index (χ0n) is 16.8. The lowest BCUT2D eigenvalue weighted by atomic mass is 10.1. The average molecular weight is 402 g/mol. The zero-order chi connectivity index (χ0) is 21.1. The van der Waals surface area contributed by atoms with Crippen LogP contribution in [0.4, 0.5) is 11.4 Å². The van der Waals surface area contributed by atoms with Crippen LogP contribution in [-0.4, -0.2) is 32.1 Å². The number of para-hydroxylation sites is 1. The Labute approximate surface area is 175 Å². The molecule has 0 aliphatic carbocycles. The number of nitrogens with one attached hydrogen (secondary N) is 1. The van der Waals surface area contributed by atoms with Gasteiger partial charge in [-0.05, 0) is 35.9 Å². The zero-order valence-corrected chi connectivity index (χ0v) is 16.8. The van der Waals surface area contributed by atoms with Crippen LogP contribution in [0.1, 0.15) is 15.9 Å². The lowest BCUT2D eigenvalue weighted by molar-refractivity contribution is -0.117. The van der Waals surface area contributed by atoms with Crippen LogP contribution in [0.5, 0.6) is 11.5 Å². The summed E-state index contributed by atoms with van der Waals surface area (Å²) in [5, 5.41) is 2.91. The molecule has 3 aromatic carbocycles. The lowest BCUT2D eigenvalue weighted by Gasteiger charge is -2.25. The minimum absolute atomic E-state index is 0.201. The van der Waals surface area contributed by atoms with Crippen LogP contribution in [0.15, 0.2) is 72.8 Å². The Bertz CT molecular complexity index is 1080. The largest absolute Gasteiger partial charge is 0.493 e. The molecule has 0 fully saturated rings. The third-order valence-electron chi connectivity index (χ3n) is 5.17. The smallest absolute Gasteiger partial charge is 0.259 e. The highest BCUT2D eigenvalue weighted by molar-refractivity contribution is 6.13. The van der Waals surface area contributed by atoms with E-state index in [2.05, 4.69) is 5.32 Å². The highest BCUT2D eigenvalue weighted by Gasteiger charge is 2.38. The van der Waals surface area contributed by atoms with E-state index in [-0.39, 0.29) is 11.8 Å². The maximum absolute atomic E-state index is 13.3. The number of benzene rings is 3.